The van der Waals surface area contributed by atoms with Gasteiger partial charge in [-0.25, -0.2) is 0 Å². The third kappa shape index (κ3) is 3.82. The van der Waals surface area contributed by atoms with Gasteiger partial charge in [-0.3, -0.25) is 0 Å². The Morgan fingerprint density at radius 3 is 1.34 bits per heavy atom. The Bertz CT molecular complexity index is 3940. The lowest BCUT2D eigenvalue weighted by atomic mass is 10.00. The van der Waals surface area contributed by atoms with Gasteiger partial charge in [-0.15, -0.1) is 0 Å². The van der Waals surface area contributed by atoms with Gasteiger partial charge in [-0.1, -0.05) is 121 Å². The predicted molar refractivity (Wildman–Crippen MR) is 186 cm³/mol. The number of para-hydroxylation sites is 3. The van der Waals surface area contributed by atoms with E-state index in [9.17, 15) is 6.85 Å². The van der Waals surface area contributed by atoms with Crippen LogP contribution in [0.4, 0.5) is 0 Å². The number of aromatic nitrogens is 2. The van der Waals surface area contributed by atoms with Crippen molar-refractivity contribution in [3.05, 3.63) is 169 Å². The van der Waals surface area contributed by atoms with Gasteiger partial charge in [0, 0.05) is 32.9 Å². The first-order chi connectivity index (χ1) is 33.5. The highest BCUT2D eigenvalue weighted by atomic mass is 15.0. The van der Waals surface area contributed by atoms with Crippen LogP contribution in [0, 0.1) is 0 Å². The molecule has 2 heteroatoms. The Labute approximate surface area is 295 Å². The van der Waals surface area contributed by atoms with Crippen LogP contribution in [-0.4, -0.2) is 9.13 Å². The number of hydrogen-bond acceptors (Lipinski definition) is 0. The highest BCUT2D eigenvalue weighted by Gasteiger charge is 2.16. The second-order valence-electron chi connectivity index (χ2n) is 9.26. The van der Waals surface area contributed by atoms with Gasteiger partial charge in [0.1, 0.15) is 0 Å². The van der Waals surface area contributed by atoms with Gasteiger partial charge in [0.15, 0.2) is 0 Å². The molecular formula is C42H28N2. The van der Waals surface area contributed by atoms with E-state index in [-0.39, 0.29) is 0 Å². The number of rotatable bonds is 4. The third-order valence-electron chi connectivity index (χ3n) is 6.86. The molecule has 0 radical (unpaired) electrons. The van der Waals surface area contributed by atoms with Crippen LogP contribution in [-0.2, 0) is 0 Å². The molecule has 44 heavy (non-hydrogen) atoms. The minimum Gasteiger partial charge on any atom is -0.309 e. The van der Waals surface area contributed by atoms with Crippen molar-refractivity contribution in [1.29, 1.82) is 0 Å². The zero-order valence-corrected chi connectivity index (χ0v) is 21.9. The highest BCUT2D eigenvalue weighted by molar-refractivity contribution is 6.12. The van der Waals surface area contributed by atoms with E-state index in [1.165, 1.54) is 0 Å². The van der Waals surface area contributed by atoms with Crippen molar-refractivity contribution in [2.45, 2.75) is 0 Å². The largest absolute Gasteiger partial charge is 0.309 e. The summed E-state index contributed by atoms with van der Waals surface area (Å²) in [5.41, 5.74) is -7.47. The Morgan fingerprint density at radius 2 is 0.727 bits per heavy atom. The first kappa shape index (κ1) is 9.57. The zero-order valence-electron chi connectivity index (χ0n) is 49.9. The minimum absolute atomic E-state index is 0.461. The fourth-order valence-corrected chi connectivity index (χ4v) is 4.99. The molecule has 0 spiro atoms. The van der Waals surface area contributed by atoms with Gasteiger partial charge < -0.3 is 9.13 Å². The summed E-state index contributed by atoms with van der Waals surface area (Å²) in [7, 11) is 0. The summed E-state index contributed by atoms with van der Waals surface area (Å²) < 4.78 is 250. The molecule has 0 amide bonds. The molecule has 7 aromatic carbocycles. The van der Waals surface area contributed by atoms with Crippen molar-refractivity contribution in [3.63, 3.8) is 0 Å². The molecular weight excluding hydrogens is 532 g/mol. The third-order valence-corrected chi connectivity index (χ3v) is 6.86. The van der Waals surface area contributed by atoms with E-state index in [4.69, 9.17) is 31.5 Å². The van der Waals surface area contributed by atoms with Crippen molar-refractivity contribution in [2.24, 2.45) is 0 Å². The van der Waals surface area contributed by atoms with Crippen LogP contribution < -0.4 is 0 Å². The van der Waals surface area contributed by atoms with Crippen LogP contribution in [0.2, 0.25) is 0 Å². The molecule has 0 fully saturated rings. The molecule has 0 aliphatic carbocycles. The number of fused-ring (bicyclic) bond motifs is 6. The topological polar surface area (TPSA) is 9.86 Å². The quantitative estimate of drug-likeness (QED) is 0.193. The smallest absolute Gasteiger partial charge is 0.0652 e. The molecule has 0 saturated carbocycles. The van der Waals surface area contributed by atoms with Crippen molar-refractivity contribution >= 4 is 43.6 Å². The standard InChI is InChI=1S/C42H28N2/c1-2-11-29(12-3-1)30-21-23-31(24-22-30)32-13-10-14-33(27-32)43-41-20-9-6-17-37(41)38-28-34(25-26-42(38)43)44-39-18-7-4-15-35(39)36-16-5-8-19-40(36)44/h1-28H/i1D,2D,3D,4D,5D,6D,7D,8D,9D,10D,11D,12D,13D,14D,15D,16D,17D,18D,19D,20D,21D,22D,23D,24D,25D,26D,27D,28D. The van der Waals surface area contributed by atoms with E-state index in [0.29, 0.717) is 4.57 Å². The maximum atomic E-state index is 9.83. The normalized spacial score (nSPS) is 20.5. The molecule has 0 N–H and O–H groups in total. The summed E-state index contributed by atoms with van der Waals surface area (Å²) in [6.07, 6.45) is 0. The fraction of sp³-hybridized carbons (Fsp3) is 0. The molecule has 0 unspecified atom stereocenters. The van der Waals surface area contributed by atoms with Crippen LogP contribution in [0.5, 0.6) is 0 Å². The van der Waals surface area contributed by atoms with Gasteiger partial charge in [-0.05, 0) is 70.6 Å². The van der Waals surface area contributed by atoms with Crippen molar-refractivity contribution in [3.8, 4) is 33.6 Å². The Kier molecular flexibility index (Phi) is 2.14. The van der Waals surface area contributed by atoms with Gasteiger partial charge >= 0.3 is 0 Å². The van der Waals surface area contributed by atoms with Gasteiger partial charge in [-0.2, -0.15) is 0 Å². The summed E-state index contributed by atoms with van der Waals surface area (Å²) in [5.74, 6) is 0. The molecule has 0 atom stereocenters. The number of benzene rings is 7. The molecule has 9 aromatic rings. The minimum atomic E-state index is -1.08. The van der Waals surface area contributed by atoms with Crippen LogP contribution in [0.25, 0.3) is 77.2 Å². The monoisotopic (exact) mass is 588 g/mol. The maximum Gasteiger partial charge on any atom is 0.0652 e. The molecule has 2 nitrogen and oxygen atoms in total. The molecule has 2 aromatic heterocycles. The Morgan fingerprint density at radius 1 is 0.295 bits per heavy atom. The summed E-state index contributed by atoms with van der Waals surface area (Å²) in [6, 6.07) is -26.0. The van der Waals surface area contributed by atoms with Crippen LogP contribution in [0.1, 0.15) is 38.4 Å². The average molecular weight is 589 g/mol. The lowest BCUT2D eigenvalue weighted by Crippen LogP contribution is -1.96. The van der Waals surface area contributed by atoms with Crippen molar-refractivity contribution in [1.82, 2.24) is 9.13 Å². The number of hydrogen-bond donors (Lipinski definition) is 0. The molecule has 206 valence electrons. The predicted octanol–water partition coefficient (Wildman–Crippen LogP) is 11.2. The van der Waals surface area contributed by atoms with Gasteiger partial charge in [0.05, 0.1) is 60.4 Å². The van der Waals surface area contributed by atoms with E-state index in [1.807, 2.05) is 0 Å². The van der Waals surface area contributed by atoms with Crippen molar-refractivity contribution < 1.29 is 38.4 Å². The molecule has 9 rings (SSSR count). The van der Waals surface area contributed by atoms with Gasteiger partial charge in [0.25, 0.3) is 0 Å². The van der Waals surface area contributed by atoms with Gasteiger partial charge in [0.2, 0.25) is 0 Å². The molecule has 2 heterocycles. The second-order valence-corrected chi connectivity index (χ2v) is 9.26. The zero-order chi connectivity index (χ0) is 53.4. The molecule has 0 aliphatic heterocycles. The summed E-state index contributed by atoms with van der Waals surface area (Å²) in [4.78, 5) is 0. The molecule has 0 bridgehead atoms. The second kappa shape index (κ2) is 9.86. The lowest BCUT2D eigenvalue weighted by molar-refractivity contribution is 1.17. The summed E-state index contributed by atoms with van der Waals surface area (Å²) in [5, 5.41) is -2.18. The summed E-state index contributed by atoms with van der Waals surface area (Å²) >= 11 is 0. The highest BCUT2D eigenvalue weighted by Crippen LogP contribution is 2.37. The fourth-order valence-electron chi connectivity index (χ4n) is 4.99. The Balaban J connectivity index is 1.49. The molecule has 0 saturated heterocycles. The van der Waals surface area contributed by atoms with E-state index in [0.717, 1.165) is 4.57 Å². The van der Waals surface area contributed by atoms with Crippen LogP contribution >= 0.6 is 0 Å². The van der Waals surface area contributed by atoms with E-state index >= 15 is 0 Å². The summed E-state index contributed by atoms with van der Waals surface area (Å²) in [6.45, 7) is 0. The van der Waals surface area contributed by atoms with Crippen LogP contribution in [0.3, 0.4) is 0 Å². The lowest BCUT2D eigenvalue weighted by Gasteiger charge is -2.12. The van der Waals surface area contributed by atoms with Crippen LogP contribution in [0.15, 0.2) is 169 Å². The average Bonchev–Trinajstić information content (AvgIpc) is 3.89. The van der Waals surface area contributed by atoms with E-state index < -0.39 is 246 Å². The SMILES string of the molecule is [2H]c1c([2H])c([2H])c(-c2c([2H])c([2H])c(-c3c([2H])c([2H])c([2H])c(-n4c5c([2H])c([2H])c([2H])c([2H])c5c5c([2H])c(-n6c7c([2H])c([2H])c([2H])c([2H])c7c7c([2H])c([2H])c([2H])c([2H])c76)c([2H])c([2H])c54)c3[2H])c([2H])c2[2H])c([2H])c1[2H]. The van der Waals surface area contributed by atoms with E-state index in [1.54, 1.807) is 0 Å². The first-order valence-corrected chi connectivity index (χ1v) is 12.8. The Hall–Kier alpha value is -5.86. The van der Waals surface area contributed by atoms with E-state index in [2.05, 4.69) is 0 Å². The first-order valence-electron chi connectivity index (χ1n) is 26.8. The number of nitrogens with zero attached hydrogens (tertiary/aromatic N) is 2. The maximum absolute atomic E-state index is 9.83. The molecule has 0 aliphatic rings. The van der Waals surface area contributed by atoms with Crippen molar-refractivity contribution in [2.75, 3.05) is 0 Å².